The van der Waals surface area contributed by atoms with Crippen LogP contribution in [0.15, 0.2) is 46.4 Å². The van der Waals surface area contributed by atoms with E-state index in [9.17, 15) is 29.2 Å². The van der Waals surface area contributed by atoms with Crippen LogP contribution in [-0.2, 0) is 20.3 Å². The van der Waals surface area contributed by atoms with Crippen molar-refractivity contribution >= 4 is 28.1 Å². The van der Waals surface area contributed by atoms with E-state index in [1.54, 1.807) is 0 Å². The van der Waals surface area contributed by atoms with Crippen molar-refractivity contribution in [3.05, 3.63) is 61.7 Å². The summed E-state index contributed by atoms with van der Waals surface area (Å²) < 4.78 is 17.6. The highest BCUT2D eigenvalue weighted by atomic mass is 32.2. The van der Waals surface area contributed by atoms with Crippen molar-refractivity contribution in [2.75, 3.05) is 12.9 Å². The molecule has 2 bridgehead atoms. The number of non-ortho nitro benzene ring substituents is 1. The van der Waals surface area contributed by atoms with Crippen LogP contribution in [0.25, 0.3) is 0 Å². The van der Waals surface area contributed by atoms with E-state index in [2.05, 4.69) is 0 Å². The maximum absolute atomic E-state index is 12.8. The van der Waals surface area contributed by atoms with Gasteiger partial charge in [0.25, 0.3) is 11.4 Å². The topological polar surface area (TPSA) is 130 Å². The van der Waals surface area contributed by atoms with E-state index in [0.717, 1.165) is 18.2 Å². The van der Waals surface area contributed by atoms with Crippen LogP contribution in [0.4, 0.5) is 11.4 Å². The Morgan fingerprint density at radius 3 is 2.54 bits per heavy atom. The monoisotopic (exact) mass is 378 g/mol. The molecule has 0 N–H and O–H groups in total. The Bertz CT molecular complexity index is 906. The average Bonchev–Trinajstić information content (AvgIpc) is 3.21. The highest BCUT2D eigenvalue weighted by molar-refractivity contribution is 7.85. The third-order valence-electron chi connectivity index (χ3n) is 4.54. The van der Waals surface area contributed by atoms with Crippen LogP contribution in [0, 0.1) is 32.1 Å². The van der Waals surface area contributed by atoms with E-state index in [-0.39, 0.29) is 22.5 Å². The number of carbonyl (C=O) groups excluding carboxylic acids is 1. The molecule has 10 heteroatoms. The first-order valence-electron chi connectivity index (χ1n) is 7.64. The van der Waals surface area contributed by atoms with E-state index in [4.69, 9.17) is 4.74 Å². The summed E-state index contributed by atoms with van der Waals surface area (Å²) in [5, 5.41) is 22.0. The maximum Gasteiger partial charge on any atom is 0.334 e. The van der Waals surface area contributed by atoms with Crippen molar-refractivity contribution < 1.29 is 23.6 Å². The quantitative estimate of drug-likeness (QED) is 0.321. The molecule has 0 spiro atoms. The van der Waals surface area contributed by atoms with Crippen molar-refractivity contribution in [1.29, 1.82) is 0 Å². The molecule has 2 aliphatic rings. The van der Waals surface area contributed by atoms with Crippen molar-refractivity contribution in [3.8, 4) is 0 Å². The Morgan fingerprint density at radius 2 is 1.92 bits per heavy atom. The van der Waals surface area contributed by atoms with Gasteiger partial charge in [0.2, 0.25) is 0 Å². The molecule has 136 valence electrons. The van der Waals surface area contributed by atoms with Crippen molar-refractivity contribution in [1.82, 2.24) is 0 Å². The van der Waals surface area contributed by atoms with Crippen molar-refractivity contribution in [3.63, 3.8) is 0 Å². The summed E-state index contributed by atoms with van der Waals surface area (Å²) in [6.07, 6.45) is 4.52. The minimum absolute atomic E-state index is 0.0462. The second-order valence-corrected chi connectivity index (χ2v) is 7.34. The van der Waals surface area contributed by atoms with E-state index in [0.29, 0.717) is 17.6 Å². The Hall–Kier alpha value is -2.88. The molecular weight excluding hydrogens is 364 g/mol. The Labute approximate surface area is 150 Å². The molecule has 0 aromatic heterocycles. The van der Waals surface area contributed by atoms with Crippen molar-refractivity contribution in [2.45, 2.75) is 11.3 Å². The molecule has 1 aromatic rings. The van der Waals surface area contributed by atoms with Crippen LogP contribution in [-0.4, -0.2) is 32.9 Å². The van der Waals surface area contributed by atoms with E-state index >= 15 is 0 Å². The molecular formula is C16H14N2O7S. The number of nitrogens with zero attached hydrogens (tertiary/aromatic N) is 2. The molecule has 0 radical (unpaired) electrons. The number of ether oxygens (including phenoxy) is 1. The normalized spacial score (nSPS) is 21.7. The standard InChI is InChI=1S/C16H14N2O7S/c1-25-16(19)15-10-3-2-9(6-10)12(15)8-26(24)14-5-4-11(17(20)21)7-13(14)18(22)23/h2-5,7,9-10H,6,8H2,1H3. The lowest BCUT2D eigenvalue weighted by atomic mass is 9.98. The summed E-state index contributed by atoms with van der Waals surface area (Å²) in [4.78, 5) is 32.4. The van der Waals surface area contributed by atoms with Crippen LogP contribution in [0.1, 0.15) is 6.42 Å². The molecule has 26 heavy (non-hydrogen) atoms. The van der Waals surface area contributed by atoms with Gasteiger partial charge in [-0.25, -0.2) is 4.79 Å². The molecule has 2 aliphatic carbocycles. The molecule has 3 unspecified atom stereocenters. The predicted molar refractivity (Wildman–Crippen MR) is 90.8 cm³/mol. The smallest absolute Gasteiger partial charge is 0.334 e. The Balaban J connectivity index is 1.95. The van der Waals surface area contributed by atoms with Gasteiger partial charge >= 0.3 is 5.97 Å². The van der Waals surface area contributed by atoms with E-state index in [1.165, 1.54) is 7.11 Å². The molecule has 0 amide bonds. The summed E-state index contributed by atoms with van der Waals surface area (Å²) in [7, 11) is -0.567. The number of hydrogen-bond donors (Lipinski definition) is 0. The number of esters is 1. The zero-order valence-electron chi connectivity index (χ0n) is 13.6. The number of rotatable bonds is 6. The summed E-state index contributed by atoms with van der Waals surface area (Å²) >= 11 is 0. The van der Waals surface area contributed by atoms with E-state index < -0.39 is 38.0 Å². The number of nitro groups is 2. The summed E-state index contributed by atoms with van der Waals surface area (Å²) in [6, 6.07) is 3.01. The minimum atomic E-state index is -1.83. The van der Waals surface area contributed by atoms with Crippen LogP contribution in [0.5, 0.6) is 0 Å². The molecule has 1 aromatic carbocycles. The molecule has 0 saturated carbocycles. The number of nitro benzene ring substituents is 2. The molecule has 3 atom stereocenters. The minimum Gasteiger partial charge on any atom is -0.466 e. The lowest BCUT2D eigenvalue weighted by Gasteiger charge is -2.14. The van der Waals surface area contributed by atoms with Gasteiger partial charge in [-0.3, -0.25) is 24.4 Å². The fraction of sp³-hybridized carbons (Fsp3) is 0.312. The number of hydrogen-bond acceptors (Lipinski definition) is 7. The second kappa shape index (κ2) is 6.79. The van der Waals surface area contributed by atoms with Gasteiger partial charge in [-0.1, -0.05) is 12.2 Å². The van der Waals surface area contributed by atoms with Crippen molar-refractivity contribution in [2.24, 2.45) is 11.8 Å². The van der Waals surface area contributed by atoms with Gasteiger partial charge in [0.1, 0.15) is 4.90 Å². The van der Waals surface area contributed by atoms with Gasteiger partial charge in [-0.15, -0.1) is 0 Å². The van der Waals surface area contributed by atoms with Gasteiger partial charge in [0, 0.05) is 23.5 Å². The van der Waals surface area contributed by atoms with Gasteiger partial charge in [0.15, 0.2) is 0 Å². The first kappa shape index (κ1) is 17.9. The summed E-state index contributed by atoms with van der Waals surface area (Å²) in [5.74, 6) is -0.692. The van der Waals surface area contributed by atoms with Crippen LogP contribution < -0.4 is 0 Å². The lowest BCUT2D eigenvalue weighted by Crippen LogP contribution is -2.15. The third kappa shape index (κ3) is 3.03. The largest absolute Gasteiger partial charge is 0.466 e. The highest BCUT2D eigenvalue weighted by Crippen LogP contribution is 2.45. The number of allylic oxidation sites excluding steroid dienone is 2. The first-order valence-corrected chi connectivity index (χ1v) is 8.96. The highest BCUT2D eigenvalue weighted by Gasteiger charge is 2.40. The van der Waals surface area contributed by atoms with Crippen LogP contribution in [0.3, 0.4) is 0 Å². The maximum atomic E-state index is 12.8. The number of fused-ring (bicyclic) bond motifs is 2. The SMILES string of the molecule is COC(=O)C1=C(CS(=O)c2ccc([N+](=O)[O-])cc2[N+](=O)[O-])C2C=CC1C2. The van der Waals surface area contributed by atoms with E-state index in [1.807, 2.05) is 12.2 Å². The van der Waals surface area contributed by atoms with Crippen LogP contribution >= 0.6 is 0 Å². The van der Waals surface area contributed by atoms with Crippen LogP contribution in [0.2, 0.25) is 0 Å². The molecule has 0 fully saturated rings. The number of carbonyl (C=O) groups is 1. The number of benzene rings is 1. The molecule has 9 nitrogen and oxygen atoms in total. The number of methoxy groups -OCH3 is 1. The predicted octanol–water partition coefficient (Wildman–Crippen LogP) is 2.29. The molecule has 3 rings (SSSR count). The summed E-state index contributed by atoms with van der Waals surface area (Å²) in [6.45, 7) is 0. The Morgan fingerprint density at radius 1 is 1.23 bits per heavy atom. The Kier molecular flexibility index (Phi) is 4.68. The lowest BCUT2D eigenvalue weighted by molar-refractivity contribution is -0.396. The molecule has 0 saturated heterocycles. The zero-order valence-corrected chi connectivity index (χ0v) is 14.4. The molecule has 0 aliphatic heterocycles. The van der Waals surface area contributed by atoms with Gasteiger partial charge in [-0.2, -0.15) is 0 Å². The second-order valence-electron chi connectivity index (χ2n) is 5.92. The van der Waals surface area contributed by atoms with Gasteiger partial charge < -0.3 is 4.74 Å². The average molecular weight is 378 g/mol. The van der Waals surface area contributed by atoms with Gasteiger partial charge in [-0.05, 0) is 18.1 Å². The first-order chi connectivity index (χ1) is 12.3. The summed E-state index contributed by atoms with van der Waals surface area (Å²) in [5.41, 5.74) is 0.0828. The zero-order chi connectivity index (χ0) is 19.0. The van der Waals surface area contributed by atoms with Gasteiger partial charge in [0.05, 0.1) is 39.6 Å². The third-order valence-corrected chi connectivity index (χ3v) is 5.94. The fourth-order valence-corrected chi connectivity index (χ4v) is 4.75. The fourth-order valence-electron chi connectivity index (χ4n) is 3.36. The molecule has 0 heterocycles.